The molecule has 1 atom stereocenters. The second kappa shape index (κ2) is 8.48. The molecule has 0 saturated carbocycles. The molecule has 7 heteroatoms. The lowest BCUT2D eigenvalue weighted by atomic mass is 10.0. The van der Waals surface area contributed by atoms with Gasteiger partial charge in [-0.1, -0.05) is 59.8 Å². The van der Waals surface area contributed by atoms with Crippen LogP contribution in [0.25, 0.3) is 11.4 Å². The monoisotopic (exact) mass is 395 g/mol. The number of benzene rings is 2. The van der Waals surface area contributed by atoms with E-state index < -0.39 is 0 Å². The molecule has 0 aliphatic rings. The van der Waals surface area contributed by atoms with Gasteiger partial charge in [-0.25, -0.2) is 4.68 Å². The Morgan fingerprint density at radius 2 is 1.82 bits per heavy atom. The van der Waals surface area contributed by atoms with E-state index in [0.29, 0.717) is 11.0 Å². The summed E-state index contributed by atoms with van der Waals surface area (Å²) < 4.78 is 1.43. The molecular formula is C21H25N5OS. The number of nitrogen functional groups attached to an aromatic ring is 1. The molecule has 146 valence electrons. The maximum Gasteiger partial charge on any atom is 0.230 e. The van der Waals surface area contributed by atoms with Crippen molar-refractivity contribution in [1.82, 2.24) is 20.2 Å². The van der Waals surface area contributed by atoms with Gasteiger partial charge in [0.05, 0.1) is 11.8 Å². The molecule has 1 aromatic heterocycles. The lowest BCUT2D eigenvalue weighted by Gasteiger charge is -2.15. The fraction of sp³-hybridized carbons (Fsp3) is 0.286. The van der Waals surface area contributed by atoms with Crippen molar-refractivity contribution in [3.8, 4) is 11.4 Å². The van der Waals surface area contributed by atoms with Gasteiger partial charge in [0.2, 0.25) is 11.1 Å². The number of nitrogens with two attached hydrogens (primary N) is 1. The number of carbonyl (C=O) groups is 1. The van der Waals surface area contributed by atoms with Crippen LogP contribution in [0, 0.1) is 20.8 Å². The first-order chi connectivity index (χ1) is 13.3. The number of rotatable bonds is 6. The number of carbonyl (C=O) groups excluding carboxylic acids is 1. The van der Waals surface area contributed by atoms with Gasteiger partial charge in [-0.15, -0.1) is 10.2 Å². The number of amides is 1. The summed E-state index contributed by atoms with van der Waals surface area (Å²) >= 11 is 1.27. The van der Waals surface area contributed by atoms with Crippen molar-refractivity contribution >= 4 is 17.7 Å². The number of thioether (sulfide) groups is 1. The van der Waals surface area contributed by atoms with Gasteiger partial charge in [0.15, 0.2) is 5.82 Å². The third-order valence-corrected chi connectivity index (χ3v) is 5.66. The zero-order valence-corrected chi connectivity index (χ0v) is 17.4. The Morgan fingerprint density at radius 3 is 2.50 bits per heavy atom. The van der Waals surface area contributed by atoms with Crippen molar-refractivity contribution in [2.24, 2.45) is 0 Å². The third kappa shape index (κ3) is 4.54. The van der Waals surface area contributed by atoms with Crippen LogP contribution in [0.4, 0.5) is 0 Å². The summed E-state index contributed by atoms with van der Waals surface area (Å²) in [5, 5.41) is 11.8. The van der Waals surface area contributed by atoms with E-state index in [4.69, 9.17) is 5.84 Å². The zero-order chi connectivity index (χ0) is 20.3. The van der Waals surface area contributed by atoms with E-state index in [0.717, 1.165) is 16.7 Å². The Hall–Kier alpha value is -2.80. The SMILES string of the molecule is Cc1ccc(-c2nnc(SCC(=O)NC(C)c3ccc(C)c(C)c3)n2N)cc1. The third-order valence-electron chi connectivity index (χ3n) is 4.72. The molecule has 0 bridgehead atoms. The van der Waals surface area contributed by atoms with Gasteiger partial charge < -0.3 is 11.2 Å². The van der Waals surface area contributed by atoms with E-state index in [1.54, 1.807) is 0 Å². The largest absolute Gasteiger partial charge is 0.349 e. The molecule has 3 aromatic rings. The van der Waals surface area contributed by atoms with E-state index in [2.05, 4.69) is 41.5 Å². The van der Waals surface area contributed by atoms with Gasteiger partial charge in [-0.2, -0.15) is 0 Å². The fourth-order valence-corrected chi connectivity index (χ4v) is 3.47. The Bertz CT molecular complexity index is 981. The first-order valence-electron chi connectivity index (χ1n) is 9.12. The van der Waals surface area contributed by atoms with Gasteiger partial charge in [-0.3, -0.25) is 4.79 Å². The summed E-state index contributed by atoms with van der Waals surface area (Å²) in [6.45, 7) is 8.15. The van der Waals surface area contributed by atoms with Crippen LogP contribution in [0.3, 0.4) is 0 Å². The second-order valence-electron chi connectivity index (χ2n) is 6.96. The minimum atomic E-state index is -0.0735. The van der Waals surface area contributed by atoms with Crippen LogP contribution in [-0.2, 0) is 4.79 Å². The van der Waals surface area contributed by atoms with Crippen molar-refractivity contribution in [2.75, 3.05) is 11.6 Å². The highest BCUT2D eigenvalue weighted by Gasteiger charge is 2.15. The second-order valence-corrected chi connectivity index (χ2v) is 7.91. The van der Waals surface area contributed by atoms with Crippen LogP contribution in [0.2, 0.25) is 0 Å². The molecule has 0 aliphatic heterocycles. The summed E-state index contributed by atoms with van der Waals surface area (Å²) in [6, 6.07) is 14.1. The van der Waals surface area contributed by atoms with Crippen LogP contribution in [-0.4, -0.2) is 26.5 Å². The zero-order valence-electron chi connectivity index (χ0n) is 16.6. The van der Waals surface area contributed by atoms with Crippen LogP contribution in [0.5, 0.6) is 0 Å². The molecule has 0 radical (unpaired) electrons. The first kappa shape index (κ1) is 19.9. The minimum absolute atomic E-state index is 0.0636. The molecule has 0 fully saturated rings. The van der Waals surface area contributed by atoms with Crippen LogP contribution in [0.15, 0.2) is 47.6 Å². The van der Waals surface area contributed by atoms with E-state index in [1.165, 1.54) is 27.6 Å². The van der Waals surface area contributed by atoms with E-state index in [-0.39, 0.29) is 17.7 Å². The Labute approximate surface area is 169 Å². The van der Waals surface area contributed by atoms with E-state index >= 15 is 0 Å². The quantitative estimate of drug-likeness (QED) is 0.492. The molecule has 0 spiro atoms. The molecule has 2 aromatic carbocycles. The smallest absolute Gasteiger partial charge is 0.230 e. The van der Waals surface area contributed by atoms with Crippen LogP contribution >= 0.6 is 11.8 Å². The van der Waals surface area contributed by atoms with Crippen molar-refractivity contribution in [1.29, 1.82) is 0 Å². The van der Waals surface area contributed by atoms with Crippen LogP contribution in [0.1, 0.15) is 35.2 Å². The van der Waals surface area contributed by atoms with Crippen LogP contribution < -0.4 is 11.2 Å². The molecule has 0 aliphatic carbocycles. The number of aryl methyl sites for hydroxylation is 3. The first-order valence-corrected chi connectivity index (χ1v) is 10.1. The van der Waals surface area contributed by atoms with Crippen molar-refractivity contribution < 1.29 is 4.79 Å². The van der Waals surface area contributed by atoms with Gasteiger partial charge in [-0.05, 0) is 44.4 Å². The Kier molecular flexibility index (Phi) is 6.04. The predicted octanol–water partition coefficient (Wildman–Crippen LogP) is 3.55. The number of hydrogen-bond acceptors (Lipinski definition) is 5. The average molecular weight is 396 g/mol. The summed E-state index contributed by atoms with van der Waals surface area (Å²) in [4.78, 5) is 12.3. The maximum atomic E-state index is 12.3. The average Bonchev–Trinajstić information content (AvgIpc) is 3.03. The van der Waals surface area contributed by atoms with E-state index in [9.17, 15) is 4.79 Å². The van der Waals surface area contributed by atoms with Gasteiger partial charge in [0.25, 0.3) is 0 Å². The Balaban J connectivity index is 1.60. The molecule has 3 rings (SSSR count). The van der Waals surface area contributed by atoms with Gasteiger partial charge >= 0.3 is 0 Å². The highest BCUT2D eigenvalue weighted by molar-refractivity contribution is 7.99. The van der Waals surface area contributed by atoms with Crippen molar-refractivity contribution in [3.63, 3.8) is 0 Å². The maximum absolute atomic E-state index is 12.3. The molecule has 1 amide bonds. The summed E-state index contributed by atoms with van der Waals surface area (Å²) in [7, 11) is 0. The van der Waals surface area contributed by atoms with Crippen molar-refractivity contribution in [2.45, 2.75) is 38.9 Å². The highest BCUT2D eigenvalue weighted by atomic mass is 32.2. The topological polar surface area (TPSA) is 85.8 Å². The molecule has 28 heavy (non-hydrogen) atoms. The normalized spacial score (nSPS) is 12.0. The highest BCUT2D eigenvalue weighted by Crippen LogP contribution is 2.22. The lowest BCUT2D eigenvalue weighted by molar-refractivity contribution is -0.119. The molecule has 6 nitrogen and oxygen atoms in total. The predicted molar refractivity (Wildman–Crippen MR) is 114 cm³/mol. The van der Waals surface area contributed by atoms with Crippen molar-refractivity contribution in [3.05, 3.63) is 64.7 Å². The molecule has 0 saturated heterocycles. The lowest BCUT2D eigenvalue weighted by Crippen LogP contribution is -2.28. The summed E-state index contributed by atoms with van der Waals surface area (Å²) in [6.07, 6.45) is 0. The number of nitrogens with one attached hydrogen (secondary N) is 1. The molecular weight excluding hydrogens is 370 g/mol. The molecule has 3 N–H and O–H groups in total. The minimum Gasteiger partial charge on any atom is -0.349 e. The van der Waals surface area contributed by atoms with Gasteiger partial charge in [0.1, 0.15) is 0 Å². The molecule has 1 heterocycles. The summed E-state index contributed by atoms with van der Waals surface area (Å²) in [5.41, 5.74) is 5.60. The standard InChI is InChI=1S/C21H25N5OS/c1-13-5-8-17(9-6-13)20-24-25-21(26(20)22)28-12-19(27)23-16(4)18-10-7-14(2)15(3)11-18/h5-11,16H,12,22H2,1-4H3,(H,23,27). The number of aromatic nitrogens is 3. The number of hydrogen-bond donors (Lipinski definition) is 2. The van der Waals surface area contributed by atoms with E-state index in [1.807, 2.05) is 44.2 Å². The molecule has 1 unspecified atom stereocenters. The van der Waals surface area contributed by atoms with Gasteiger partial charge in [0, 0.05) is 5.56 Å². The Morgan fingerprint density at radius 1 is 1.11 bits per heavy atom. The summed E-state index contributed by atoms with van der Waals surface area (Å²) in [5.74, 6) is 6.84. The fourth-order valence-electron chi connectivity index (χ4n) is 2.81. The number of nitrogens with zero attached hydrogens (tertiary/aromatic N) is 3.